The molecule has 0 spiro atoms. The van der Waals surface area contributed by atoms with Crippen LogP contribution >= 0.6 is 0 Å². The Hall–Kier alpha value is -2.08. The van der Waals surface area contributed by atoms with Crippen molar-refractivity contribution in [3.63, 3.8) is 0 Å². The van der Waals surface area contributed by atoms with E-state index >= 15 is 0 Å². The summed E-state index contributed by atoms with van der Waals surface area (Å²) in [5.74, 6) is -0.125. The van der Waals surface area contributed by atoms with Gasteiger partial charge in [-0.3, -0.25) is 4.79 Å². The molecule has 6 heteroatoms. The lowest BCUT2D eigenvalue weighted by Gasteiger charge is -2.26. The Bertz CT molecular complexity index is 598. The molecule has 0 aliphatic carbocycles. The molecular weight excluding hydrogens is 332 g/mol. The second-order valence-corrected chi connectivity index (χ2v) is 7.65. The Morgan fingerprint density at radius 2 is 1.92 bits per heavy atom. The maximum Gasteiger partial charge on any atom is 0.410 e. The van der Waals surface area contributed by atoms with Crippen molar-refractivity contribution in [1.82, 2.24) is 9.80 Å². The number of amides is 2. The monoisotopic (exact) mass is 362 g/mol. The van der Waals surface area contributed by atoms with E-state index in [0.717, 1.165) is 5.56 Å². The molecule has 1 aromatic carbocycles. The first-order valence-corrected chi connectivity index (χ1v) is 9.09. The molecule has 1 saturated heterocycles. The molecule has 0 radical (unpaired) electrons. The predicted molar refractivity (Wildman–Crippen MR) is 99.6 cm³/mol. The van der Waals surface area contributed by atoms with Crippen molar-refractivity contribution in [2.45, 2.75) is 39.3 Å². The minimum atomic E-state index is -0.531. The number of hydrogen-bond acceptors (Lipinski definition) is 4. The highest BCUT2D eigenvalue weighted by Gasteiger charge is 2.35. The van der Waals surface area contributed by atoms with Crippen molar-refractivity contribution in [2.75, 3.05) is 33.4 Å². The zero-order valence-corrected chi connectivity index (χ0v) is 16.2. The van der Waals surface area contributed by atoms with Crippen molar-refractivity contribution >= 4 is 12.0 Å². The highest BCUT2D eigenvalue weighted by Crippen LogP contribution is 2.22. The number of carbonyl (C=O) groups excluding carboxylic acids is 2. The third-order valence-corrected chi connectivity index (χ3v) is 4.28. The number of rotatable bonds is 6. The van der Waals surface area contributed by atoms with Crippen LogP contribution < -0.4 is 0 Å². The summed E-state index contributed by atoms with van der Waals surface area (Å²) in [5.41, 5.74) is 0.552. The van der Waals surface area contributed by atoms with Gasteiger partial charge in [-0.05, 0) is 32.8 Å². The molecule has 2 amide bonds. The summed E-state index contributed by atoms with van der Waals surface area (Å²) < 4.78 is 10.6. The van der Waals surface area contributed by atoms with Gasteiger partial charge in [0.15, 0.2) is 0 Å². The quantitative estimate of drug-likeness (QED) is 0.781. The van der Waals surface area contributed by atoms with Crippen LogP contribution in [-0.2, 0) is 20.8 Å². The van der Waals surface area contributed by atoms with Crippen molar-refractivity contribution in [3.05, 3.63) is 35.9 Å². The van der Waals surface area contributed by atoms with E-state index in [1.807, 2.05) is 56.0 Å². The van der Waals surface area contributed by atoms with Gasteiger partial charge in [-0.1, -0.05) is 30.3 Å². The number of methoxy groups -OCH3 is 1. The maximum absolute atomic E-state index is 13.0. The van der Waals surface area contributed by atoms with Crippen LogP contribution in [0.4, 0.5) is 4.79 Å². The number of nitrogens with zero attached hydrogens (tertiary/aromatic N) is 2. The topological polar surface area (TPSA) is 59.1 Å². The SMILES string of the molecule is COCCN(Cc1ccccc1)C(=O)C1CCN(C(=O)OC(C)(C)C)C1. The molecule has 1 atom stereocenters. The molecule has 0 bridgehead atoms. The van der Waals surface area contributed by atoms with E-state index in [0.29, 0.717) is 39.2 Å². The summed E-state index contributed by atoms with van der Waals surface area (Å²) >= 11 is 0. The van der Waals surface area contributed by atoms with Gasteiger partial charge >= 0.3 is 6.09 Å². The number of likely N-dealkylation sites (tertiary alicyclic amines) is 1. The number of benzene rings is 1. The number of ether oxygens (including phenoxy) is 2. The minimum absolute atomic E-state index is 0.0666. The minimum Gasteiger partial charge on any atom is -0.444 e. The van der Waals surface area contributed by atoms with Gasteiger partial charge in [-0.25, -0.2) is 4.79 Å². The average molecular weight is 362 g/mol. The molecule has 144 valence electrons. The summed E-state index contributed by atoms with van der Waals surface area (Å²) in [6, 6.07) is 9.91. The van der Waals surface area contributed by atoms with Gasteiger partial charge in [-0.2, -0.15) is 0 Å². The molecule has 1 aromatic rings. The largest absolute Gasteiger partial charge is 0.444 e. The van der Waals surface area contributed by atoms with Crippen LogP contribution in [0.5, 0.6) is 0 Å². The van der Waals surface area contributed by atoms with Gasteiger partial charge in [0, 0.05) is 33.3 Å². The van der Waals surface area contributed by atoms with Gasteiger partial charge in [0.1, 0.15) is 5.60 Å². The first-order valence-electron chi connectivity index (χ1n) is 9.09. The Labute approximate surface area is 156 Å². The molecule has 0 N–H and O–H groups in total. The molecule has 1 aliphatic rings. The zero-order chi connectivity index (χ0) is 19.2. The van der Waals surface area contributed by atoms with Crippen LogP contribution in [0, 0.1) is 5.92 Å². The number of hydrogen-bond donors (Lipinski definition) is 0. The molecule has 6 nitrogen and oxygen atoms in total. The summed E-state index contributed by atoms with van der Waals surface area (Å²) in [5, 5.41) is 0. The molecular formula is C20H30N2O4. The van der Waals surface area contributed by atoms with Crippen molar-refractivity contribution in [3.8, 4) is 0 Å². The van der Waals surface area contributed by atoms with Gasteiger partial charge in [0.25, 0.3) is 0 Å². The molecule has 0 aromatic heterocycles. The highest BCUT2D eigenvalue weighted by atomic mass is 16.6. The van der Waals surface area contributed by atoms with Gasteiger partial charge < -0.3 is 19.3 Å². The molecule has 26 heavy (non-hydrogen) atoms. The first kappa shape index (κ1) is 20.2. The van der Waals surface area contributed by atoms with Crippen molar-refractivity contribution in [2.24, 2.45) is 5.92 Å². The highest BCUT2D eigenvalue weighted by molar-refractivity contribution is 5.80. The normalized spacial score (nSPS) is 17.2. The molecule has 1 heterocycles. The fraction of sp³-hybridized carbons (Fsp3) is 0.600. The third-order valence-electron chi connectivity index (χ3n) is 4.28. The molecule has 1 fully saturated rings. The first-order chi connectivity index (χ1) is 12.3. The van der Waals surface area contributed by atoms with Crippen molar-refractivity contribution in [1.29, 1.82) is 0 Å². The van der Waals surface area contributed by atoms with E-state index in [1.54, 1.807) is 12.0 Å². The van der Waals surface area contributed by atoms with E-state index in [-0.39, 0.29) is 17.9 Å². The van der Waals surface area contributed by atoms with E-state index in [9.17, 15) is 9.59 Å². The lowest BCUT2D eigenvalue weighted by molar-refractivity contribution is -0.136. The van der Waals surface area contributed by atoms with Gasteiger partial charge in [-0.15, -0.1) is 0 Å². The summed E-state index contributed by atoms with van der Waals surface area (Å²) in [4.78, 5) is 28.7. The Morgan fingerprint density at radius 3 is 2.54 bits per heavy atom. The van der Waals surface area contributed by atoms with Crippen LogP contribution in [0.25, 0.3) is 0 Å². The molecule has 2 rings (SSSR count). The van der Waals surface area contributed by atoms with Crippen LogP contribution in [0.3, 0.4) is 0 Å². The Morgan fingerprint density at radius 1 is 1.23 bits per heavy atom. The van der Waals surface area contributed by atoms with Crippen LogP contribution in [0.2, 0.25) is 0 Å². The Balaban J connectivity index is 1.98. The second kappa shape index (κ2) is 9.03. The average Bonchev–Trinajstić information content (AvgIpc) is 3.07. The van der Waals surface area contributed by atoms with Crippen LogP contribution in [0.15, 0.2) is 30.3 Å². The maximum atomic E-state index is 13.0. The van der Waals surface area contributed by atoms with E-state index in [2.05, 4.69) is 0 Å². The van der Waals surface area contributed by atoms with Crippen molar-refractivity contribution < 1.29 is 19.1 Å². The summed E-state index contributed by atoms with van der Waals surface area (Å²) in [6.45, 7) is 8.06. The zero-order valence-electron chi connectivity index (χ0n) is 16.2. The number of carbonyl (C=O) groups is 2. The molecule has 0 saturated carbocycles. The fourth-order valence-corrected chi connectivity index (χ4v) is 2.98. The fourth-order valence-electron chi connectivity index (χ4n) is 2.98. The van der Waals surface area contributed by atoms with E-state index in [1.165, 1.54) is 0 Å². The lowest BCUT2D eigenvalue weighted by Crippen LogP contribution is -2.40. The van der Waals surface area contributed by atoms with E-state index < -0.39 is 5.60 Å². The summed E-state index contributed by atoms with van der Waals surface area (Å²) in [7, 11) is 1.63. The van der Waals surface area contributed by atoms with Crippen LogP contribution in [-0.4, -0.2) is 60.8 Å². The van der Waals surface area contributed by atoms with Gasteiger partial charge in [0.05, 0.1) is 12.5 Å². The molecule has 1 unspecified atom stereocenters. The van der Waals surface area contributed by atoms with Crippen LogP contribution in [0.1, 0.15) is 32.8 Å². The second-order valence-electron chi connectivity index (χ2n) is 7.65. The molecule has 1 aliphatic heterocycles. The lowest BCUT2D eigenvalue weighted by atomic mass is 10.1. The van der Waals surface area contributed by atoms with Gasteiger partial charge in [0.2, 0.25) is 5.91 Å². The summed E-state index contributed by atoms with van der Waals surface area (Å²) in [6.07, 6.45) is 0.315. The predicted octanol–water partition coefficient (Wildman–Crippen LogP) is 2.92. The third kappa shape index (κ3) is 6.02. The van der Waals surface area contributed by atoms with E-state index in [4.69, 9.17) is 9.47 Å². The smallest absolute Gasteiger partial charge is 0.410 e. The Kier molecular flexibility index (Phi) is 7.03. The standard InChI is InChI=1S/C20H30N2O4/c1-20(2,3)26-19(24)22-11-10-17(15-22)18(23)21(12-13-25-4)14-16-8-6-5-7-9-16/h5-9,17H,10-15H2,1-4H3.